The molecule has 2 aromatic rings. The van der Waals surface area contributed by atoms with Gasteiger partial charge in [0.1, 0.15) is 6.04 Å². The second-order valence-corrected chi connectivity index (χ2v) is 5.25. The van der Waals surface area contributed by atoms with Gasteiger partial charge in [-0.05, 0) is 11.4 Å². The van der Waals surface area contributed by atoms with E-state index < -0.39 is 0 Å². The fourth-order valence-corrected chi connectivity index (χ4v) is 2.70. The van der Waals surface area contributed by atoms with Crippen molar-refractivity contribution in [2.45, 2.75) is 12.6 Å². The number of thiophene rings is 1. The van der Waals surface area contributed by atoms with Gasteiger partial charge < -0.3 is 9.73 Å². The third-order valence-electron chi connectivity index (χ3n) is 3.04. The van der Waals surface area contributed by atoms with Crippen molar-refractivity contribution in [2.75, 3.05) is 19.6 Å². The van der Waals surface area contributed by atoms with Crippen LogP contribution in [0.3, 0.4) is 0 Å². The molecule has 1 aliphatic rings. The van der Waals surface area contributed by atoms with E-state index in [-0.39, 0.29) is 6.04 Å². The zero-order chi connectivity index (χ0) is 13.1. The van der Waals surface area contributed by atoms with Gasteiger partial charge in [0, 0.05) is 19.6 Å². The molecule has 0 bridgehead atoms. The monoisotopic (exact) mass is 275 g/mol. The molecule has 0 spiro atoms. The minimum Gasteiger partial charge on any atom is -0.419 e. The summed E-state index contributed by atoms with van der Waals surface area (Å²) >= 11 is 1.57. The molecular formula is C12H13N5OS. The smallest absolute Gasteiger partial charge is 0.257 e. The van der Waals surface area contributed by atoms with Gasteiger partial charge in [-0.3, -0.25) is 4.90 Å². The zero-order valence-corrected chi connectivity index (χ0v) is 11.1. The lowest BCUT2D eigenvalue weighted by molar-refractivity contribution is 0.173. The van der Waals surface area contributed by atoms with Crippen molar-refractivity contribution in [3.05, 3.63) is 23.4 Å². The Hall–Kier alpha value is -1.75. The predicted molar refractivity (Wildman–Crippen MR) is 70.3 cm³/mol. The van der Waals surface area contributed by atoms with E-state index in [4.69, 9.17) is 9.68 Å². The standard InChI is InChI=1S/C12H13N5OS/c13-6-9-7-14-3-4-17(9)8-11-15-16-12(18-11)10-2-1-5-19-10/h1-2,5,9,14H,3-4,7-8H2. The minimum atomic E-state index is -0.133. The van der Waals surface area contributed by atoms with Crippen molar-refractivity contribution < 1.29 is 4.42 Å². The third-order valence-corrected chi connectivity index (χ3v) is 3.90. The molecular weight excluding hydrogens is 262 g/mol. The molecule has 19 heavy (non-hydrogen) atoms. The number of piperazine rings is 1. The average molecular weight is 275 g/mol. The molecule has 0 aromatic carbocycles. The number of hydrogen-bond acceptors (Lipinski definition) is 7. The number of nitriles is 1. The fourth-order valence-electron chi connectivity index (χ4n) is 2.05. The topological polar surface area (TPSA) is 78.0 Å². The number of rotatable bonds is 3. The first-order valence-electron chi connectivity index (χ1n) is 6.07. The van der Waals surface area contributed by atoms with Gasteiger partial charge in [0.25, 0.3) is 5.89 Å². The first kappa shape index (κ1) is 12.3. The molecule has 1 atom stereocenters. The summed E-state index contributed by atoms with van der Waals surface area (Å²) in [5.74, 6) is 1.11. The molecule has 1 N–H and O–H groups in total. The highest BCUT2D eigenvalue weighted by Gasteiger charge is 2.23. The lowest BCUT2D eigenvalue weighted by atomic mass is 10.2. The summed E-state index contributed by atoms with van der Waals surface area (Å²) in [5.41, 5.74) is 0. The number of hydrogen-bond donors (Lipinski definition) is 1. The Morgan fingerprint density at radius 1 is 1.58 bits per heavy atom. The van der Waals surface area contributed by atoms with E-state index in [9.17, 15) is 0 Å². The maximum Gasteiger partial charge on any atom is 0.257 e. The number of nitrogens with one attached hydrogen (secondary N) is 1. The molecule has 1 saturated heterocycles. The highest BCUT2D eigenvalue weighted by Crippen LogP contribution is 2.23. The van der Waals surface area contributed by atoms with E-state index in [2.05, 4.69) is 26.5 Å². The largest absolute Gasteiger partial charge is 0.419 e. The van der Waals surface area contributed by atoms with Gasteiger partial charge in [0.05, 0.1) is 17.5 Å². The molecule has 7 heteroatoms. The van der Waals surface area contributed by atoms with Gasteiger partial charge in [0.15, 0.2) is 0 Å². The lowest BCUT2D eigenvalue weighted by Crippen LogP contribution is -2.50. The highest BCUT2D eigenvalue weighted by molar-refractivity contribution is 7.13. The van der Waals surface area contributed by atoms with Gasteiger partial charge >= 0.3 is 0 Å². The predicted octanol–water partition coefficient (Wildman–Crippen LogP) is 1.10. The van der Waals surface area contributed by atoms with Crippen molar-refractivity contribution in [1.82, 2.24) is 20.4 Å². The molecule has 98 valence electrons. The fraction of sp³-hybridized carbons (Fsp3) is 0.417. The van der Waals surface area contributed by atoms with Gasteiger partial charge in [0.2, 0.25) is 5.89 Å². The quantitative estimate of drug-likeness (QED) is 0.903. The van der Waals surface area contributed by atoms with Crippen molar-refractivity contribution in [3.63, 3.8) is 0 Å². The van der Waals surface area contributed by atoms with Crippen molar-refractivity contribution in [3.8, 4) is 16.8 Å². The Morgan fingerprint density at radius 3 is 3.32 bits per heavy atom. The van der Waals surface area contributed by atoms with Gasteiger partial charge in [-0.2, -0.15) is 5.26 Å². The van der Waals surface area contributed by atoms with E-state index >= 15 is 0 Å². The van der Waals surface area contributed by atoms with Crippen molar-refractivity contribution in [1.29, 1.82) is 5.26 Å². The van der Waals surface area contributed by atoms with Crippen molar-refractivity contribution in [2.24, 2.45) is 0 Å². The molecule has 1 fully saturated rings. The van der Waals surface area contributed by atoms with Crippen LogP contribution in [-0.2, 0) is 6.54 Å². The molecule has 0 radical (unpaired) electrons. The van der Waals surface area contributed by atoms with Crippen molar-refractivity contribution >= 4 is 11.3 Å². The molecule has 0 saturated carbocycles. The second-order valence-electron chi connectivity index (χ2n) is 4.30. The van der Waals surface area contributed by atoms with E-state index in [1.165, 1.54) is 0 Å². The highest BCUT2D eigenvalue weighted by atomic mass is 32.1. The Bertz CT molecular complexity index is 573. The van der Waals surface area contributed by atoms with Crippen LogP contribution in [0.1, 0.15) is 5.89 Å². The molecule has 3 heterocycles. The summed E-state index contributed by atoms with van der Waals surface area (Å²) in [6.45, 7) is 2.90. The van der Waals surface area contributed by atoms with Crippen LogP contribution in [0.5, 0.6) is 0 Å². The van der Waals surface area contributed by atoms with E-state index in [0.717, 1.165) is 18.0 Å². The molecule has 0 amide bonds. The summed E-state index contributed by atoms with van der Waals surface area (Å²) in [4.78, 5) is 3.03. The molecule has 6 nitrogen and oxygen atoms in total. The molecule has 0 aliphatic carbocycles. The Kier molecular flexibility index (Phi) is 3.55. The maximum atomic E-state index is 9.10. The normalized spacial score (nSPS) is 20.3. The van der Waals surface area contributed by atoms with Crippen LogP contribution in [0.2, 0.25) is 0 Å². The first-order chi connectivity index (χ1) is 9.36. The second kappa shape index (κ2) is 5.48. The Morgan fingerprint density at radius 2 is 2.53 bits per heavy atom. The van der Waals surface area contributed by atoms with Crippen LogP contribution < -0.4 is 5.32 Å². The van der Waals surface area contributed by atoms with Crippen LogP contribution in [0.4, 0.5) is 0 Å². The van der Waals surface area contributed by atoms with Gasteiger partial charge in [-0.25, -0.2) is 0 Å². The van der Waals surface area contributed by atoms with E-state index in [0.29, 0.717) is 24.9 Å². The molecule has 1 aliphatic heterocycles. The Balaban J connectivity index is 1.72. The van der Waals surface area contributed by atoms with E-state index in [1.54, 1.807) is 11.3 Å². The number of aromatic nitrogens is 2. The van der Waals surface area contributed by atoms with Gasteiger partial charge in [-0.15, -0.1) is 21.5 Å². The van der Waals surface area contributed by atoms with E-state index in [1.807, 2.05) is 17.5 Å². The Labute approximate surface area is 114 Å². The van der Waals surface area contributed by atoms with Gasteiger partial charge in [-0.1, -0.05) is 6.07 Å². The summed E-state index contributed by atoms with van der Waals surface area (Å²) < 4.78 is 5.64. The summed E-state index contributed by atoms with van der Waals surface area (Å²) in [5, 5.41) is 22.4. The SMILES string of the molecule is N#CC1CNCCN1Cc1nnc(-c2cccs2)o1. The lowest BCUT2D eigenvalue weighted by Gasteiger charge is -2.30. The minimum absolute atomic E-state index is 0.133. The van der Waals surface area contributed by atoms with Crippen LogP contribution >= 0.6 is 11.3 Å². The summed E-state index contributed by atoms with van der Waals surface area (Å²) in [7, 11) is 0. The van der Waals surface area contributed by atoms with Crippen LogP contribution in [0, 0.1) is 11.3 Å². The third kappa shape index (κ3) is 2.66. The molecule has 3 rings (SSSR count). The summed E-state index contributed by atoms with van der Waals surface area (Å²) in [6, 6.07) is 6.05. The van der Waals surface area contributed by atoms with Crippen LogP contribution in [0.25, 0.3) is 10.8 Å². The summed E-state index contributed by atoms with van der Waals surface area (Å²) in [6.07, 6.45) is 0. The van der Waals surface area contributed by atoms with Crippen LogP contribution in [0.15, 0.2) is 21.9 Å². The van der Waals surface area contributed by atoms with Crippen LogP contribution in [-0.4, -0.2) is 40.8 Å². The molecule has 2 aromatic heterocycles. The number of nitrogens with zero attached hydrogens (tertiary/aromatic N) is 4. The molecule has 1 unspecified atom stereocenters. The maximum absolute atomic E-state index is 9.10. The average Bonchev–Trinajstić information content (AvgIpc) is 3.09. The first-order valence-corrected chi connectivity index (χ1v) is 6.95. The zero-order valence-electron chi connectivity index (χ0n) is 10.2.